The van der Waals surface area contributed by atoms with Crippen molar-refractivity contribution in [1.29, 1.82) is 0 Å². The van der Waals surface area contributed by atoms with Gasteiger partial charge in [0, 0.05) is 0 Å². The Bertz CT molecular complexity index is 439. The summed E-state index contributed by atoms with van der Waals surface area (Å²) in [7, 11) is 0. The average Bonchev–Trinajstić information content (AvgIpc) is 2.55. The van der Waals surface area contributed by atoms with Crippen LogP contribution >= 0.6 is 22.6 Å². The van der Waals surface area contributed by atoms with Gasteiger partial charge >= 0.3 is 11.9 Å². The highest BCUT2D eigenvalue weighted by Crippen LogP contribution is 2.21. The van der Waals surface area contributed by atoms with E-state index in [0.29, 0.717) is 33.7 Å². The second kappa shape index (κ2) is 6.04. The topological polar surface area (TPSA) is 68.4 Å². The number of esters is 2. The number of rotatable bonds is 4. The Morgan fingerprint density at radius 2 is 1.71 bits per heavy atom. The molecule has 1 rings (SSSR count). The highest BCUT2D eigenvalue weighted by atomic mass is 127. The zero-order chi connectivity index (χ0) is 13.0. The molecule has 6 heteroatoms. The van der Waals surface area contributed by atoms with Gasteiger partial charge in [-0.05, 0) is 48.9 Å². The van der Waals surface area contributed by atoms with Crippen molar-refractivity contribution in [3.8, 4) is 0 Å². The molecule has 5 nitrogen and oxygen atoms in total. The first-order valence-electron chi connectivity index (χ1n) is 5.25. The molecule has 0 radical (unpaired) electrons. The van der Waals surface area contributed by atoms with Crippen LogP contribution in [0, 0.1) is 10.6 Å². The molecule has 1 N–H and O–H groups in total. The highest BCUT2D eigenvalue weighted by molar-refractivity contribution is 14.1. The van der Waals surface area contributed by atoms with Crippen molar-refractivity contribution in [2.45, 2.75) is 20.8 Å². The van der Waals surface area contributed by atoms with Gasteiger partial charge in [-0.1, -0.05) is 0 Å². The van der Waals surface area contributed by atoms with Crippen molar-refractivity contribution >= 4 is 34.5 Å². The van der Waals surface area contributed by atoms with E-state index in [1.165, 1.54) is 0 Å². The maximum Gasteiger partial charge on any atom is 0.355 e. The summed E-state index contributed by atoms with van der Waals surface area (Å²) in [5, 5.41) is 0. The fourth-order valence-corrected chi connectivity index (χ4v) is 2.30. The fourth-order valence-electron chi connectivity index (χ4n) is 1.41. The van der Waals surface area contributed by atoms with Crippen LogP contribution in [0.4, 0.5) is 0 Å². The number of H-pyrrole nitrogens is 1. The number of carbonyl (C=O) groups is 2. The third-order valence-electron chi connectivity index (χ3n) is 2.16. The molecule has 1 aromatic heterocycles. The van der Waals surface area contributed by atoms with Crippen LogP contribution in [0.25, 0.3) is 0 Å². The molecule has 0 amide bonds. The molecular weight excluding hydrogens is 337 g/mol. The summed E-state index contributed by atoms with van der Waals surface area (Å²) >= 11 is 1.96. The van der Waals surface area contributed by atoms with Crippen molar-refractivity contribution in [2.75, 3.05) is 13.2 Å². The van der Waals surface area contributed by atoms with Gasteiger partial charge < -0.3 is 14.5 Å². The Morgan fingerprint density at radius 1 is 1.18 bits per heavy atom. The second-order valence-corrected chi connectivity index (χ2v) is 4.33. The van der Waals surface area contributed by atoms with Crippen LogP contribution in [0.1, 0.15) is 40.3 Å². The van der Waals surface area contributed by atoms with Gasteiger partial charge in [0.2, 0.25) is 0 Å². The molecule has 17 heavy (non-hydrogen) atoms. The summed E-state index contributed by atoms with van der Waals surface area (Å²) in [5.41, 5.74) is 1.26. The lowest BCUT2D eigenvalue weighted by Crippen LogP contribution is -2.09. The molecular formula is C11H14INO4. The molecule has 0 saturated heterocycles. The summed E-state index contributed by atoms with van der Waals surface area (Å²) < 4.78 is 10.4. The first-order chi connectivity index (χ1) is 8.02. The maximum absolute atomic E-state index is 11.7. The Balaban J connectivity index is 3.09. The zero-order valence-electron chi connectivity index (χ0n) is 9.93. The van der Waals surface area contributed by atoms with E-state index in [1.54, 1.807) is 20.8 Å². The molecule has 0 spiro atoms. The Kier molecular flexibility index (Phi) is 4.98. The molecule has 0 fully saturated rings. The molecule has 94 valence electrons. The normalized spacial score (nSPS) is 10.1. The van der Waals surface area contributed by atoms with Gasteiger partial charge in [-0.2, -0.15) is 0 Å². The summed E-state index contributed by atoms with van der Waals surface area (Å²) in [4.78, 5) is 26.1. The van der Waals surface area contributed by atoms with Crippen LogP contribution in [0.2, 0.25) is 0 Å². The minimum absolute atomic E-state index is 0.294. The van der Waals surface area contributed by atoms with Crippen molar-refractivity contribution in [3.63, 3.8) is 0 Å². The highest BCUT2D eigenvalue weighted by Gasteiger charge is 2.24. The van der Waals surface area contributed by atoms with Crippen LogP contribution in [0.5, 0.6) is 0 Å². The van der Waals surface area contributed by atoms with Gasteiger partial charge in [0.1, 0.15) is 5.69 Å². The number of hydrogen-bond donors (Lipinski definition) is 1. The van der Waals surface area contributed by atoms with Gasteiger partial charge in [-0.3, -0.25) is 0 Å². The predicted octanol–water partition coefficient (Wildman–Crippen LogP) is 2.28. The molecule has 0 aliphatic heterocycles. The minimum atomic E-state index is -0.460. The van der Waals surface area contributed by atoms with Crippen LogP contribution in [-0.4, -0.2) is 30.1 Å². The monoisotopic (exact) mass is 351 g/mol. The lowest BCUT2D eigenvalue weighted by molar-refractivity contribution is 0.0518. The maximum atomic E-state index is 11.7. The molecule has 0 bridgehead atoms. The first-order valence-corrected chi connectivity index (χ1v) is 6.33. The van der Waals surface area contributed by atoms with E-state index >= 15 is 0 Å². The van der Waals surface area contributed by atoms with Crippen LogP contribution in [0.15, 0.2) is 0 Å². The van der Waals surface area contributed by atoms with Crippen molar-refractivity contribution in [1.82, 2.24) is 4.98 Å². The molecule has 0 aromatic carbocycles. The second-order valence-electron chi connectivity index (χ2n) is 3.25. The molecule has 0 saturated carbocycles. The smallest absolute Gasteiger partial charge is 0.355 e. The number of hydrogen-bond acceptors (Lipinski definition) is 4. The number of ether oxygens (including phenoxy) is 2. The lowest BCUT2D eigenvalue weighted by atomic mass is 10.2. The third kappa shape index (κ3) is 2.99. The van der Waals surface area contributed by atoms with Crippen molar-refractivity contribution in [3.05, 3.63) is 20.5 Å². The number of halogens is 1. The molecule has 0 unspecified atom stereocenters. The Morgan fingerprint density at radius 3 is 2.24 bits per heavy atom. The SMILES string of the molecule is CCOC(=O)c1[nH]c(I)c(C(=O)OCC)c1C. The van der Waals surface area contributed by atoms with E-state index < -0.39 is 11.9 Å². The number of nitrogens with one attached hydrogen (secondary N) is 1. The van der Waals surface area contributed by atoms with Gasteiger partial charge in [-0.25, -0.2) is 9.59 Å². The van der Waals surface area contributed by atoms with Crippen molar-refractivity contribution in [2.24, 2.45) is 0 Å². The van der Waals surface area contributed by atoms with Gasteiger partial charge in [-0.15, -0.1) is 0 Å². The predicted molar refractivity (Wildman–Crippen MR) is 70.2 cm³/mol. The zero-order valence-corrected chi connectivity index (χ0v) is 12.1. The fraction of sp³-hybridized carbons (Fsp3) is 0.455. The third-order valence-corrected chi connectivity index (χ3v) is 2.97. The van der Waals surface area contributed by atoms with Crippen LogP contribution in [-0.2, 0) is 9.47 Å². The molecule has 1 heterocycles. The number of carbonyl (C=O) groups excluding carboxylic acids is 2. The first kappa shape index (κ1) is 14.0. The quantitative estimate of drug-likeness (QED) is 0.668. The van der Waals surface area contributed by atoms with Crippen molar-refractivity contribution < 1.29 is 19.1 Å². The minimum Gasteiger partial charge on any atom is -0.462 e. The van der Waals surface area contributed by atoms with E-state index in [-0.39, 0.29) is 0 Å². The lowest BCUT2D eigenvalue weighted by Gasteiger charge is -2.02. The molecule has 1 aromatic rings. The van der Waals surface area contributed by atoms with E-state index in [0.717, 1.165) is 0 Å². The van der Waals surface area contributed by atoms with Gasteiger partial charge in [0.15, 0.2) is 0 Å². The average molecular weight is 351 g/mol. The van der Waals surface area contributed by atoms with Gasteiger partial charge in [0.25, 0.3) is 0 Å². The number of aromatic amines is 1. The molecule has 0 atom stereocenters. The van der Waals surface area contributed by atoms with Crippen LogP contribution < -0.4 is 0 Å². The molecule has 0 aliphatic rings. The number of aromatic nitrogens is 1. The van der Waals surface area contributed by atoms with E-state index in [2.05, 4.69) is 4.98 Å². The summed E-state index contributed by atoms with van der Waals surface area (Å²) in [6.07, 6.45) is 0. The summed E-state index contributed by atoms with van der Waals surface area (Å²) in [6.45, 7) is 5.75. The summed E-state index contributed by atoms with van der Waals surface area (Å²) in [6, 6.07) is 0. The Labute approximate surface area is 113 Å². The van der Waals surface area contributed by atoms with E-state index in [1.807, 2.05) is 22.6 Å². The van der Waals surface area contributed by atoms with Crippen LogP contribution in [0.3, 0.4) is 0 Å². The van der Waals surface area contributed by atoms with Gasteiger partial charge in [0.05, 0.1) is 22.5 Å². The standard InChI is InChI=1S/C11H14INO4/c1-4-16-10(14)7-6(3)8(13-9(7)12)11(15)17-5-2/h13H,4-5H2,1-3H3. The summed E-state index contributed by atoms with van der Waals surface area (Å²) in [5.74, 6) is -0.889. The molecule has 0 aliphatic carbocycles. The van der Waals surface area contributed by atoms with E-state index in [9.17, 15) is 9.59 Å². The van der Waals surface area contributed by atoms with E-state index in [4.69, 9.17) is 9.47 Å². The largest absolute Gasteiger partial charge is 0.462 e. The Hall–Kier alpha value is -1.05.